The van der Waals surface area contributed by atoms with Gasteiger partial charge in [0.2, 0.25) is 17.7 Å². The Kier molecular flexibility index (Phi) is 6.27. The minimum atomic E-state index is -0.340. The lowest BCUT2D eigenvalue weighted by atomic mass is 9.85. The summed E-state index contributed by atoms with van der Waals surface area (Å²) < 4.78 is 15.2. The third kappa shape index (κ3) is 4.64. The van der Waals surface area contributed by atoms with Crippen LogP contribution in [0.1, 0.15) is 24.8 Å². The highest BCUT2D eigenvalue weighted by molar-refractivity contribution is 6.05. The number of fused-ring (bicyclic) bond motifs is 1. The van der Waals surface area contributed by atoms with Crippen LogP contribution in [0, 0.1) is 17.7 Å². The molecule has 1 aromatic heterocycles. The number of rotatable bonds is 7. The first-order valence-electron chi connectivity index (χ1n) is 11.7. The van der Waals surface area contributed by atoms with Gasteiger partial charge in [-0.15, -0.1) is 0 Å². The van der Waals surface area contributed by atoms with E-state index >= 15 is 0 Å². The molecular weight excluding hydrogens is 447 g/mol. The van der Waals surface area contributed by atoms with Crippen LogP contribution in [0.4, 0.5) is 4.39 Å². The number of hydrogen-bond donors (Lipinski definition) is 1. The van der Waals surface area contributed by atoms with Crippen LogP contribution in [0.5, 0.6) is 0 Å². The number of nitrogens with zero attached hydrogens (tertiary/aromatic N) is 3. The smallest absolute Gasteiger partial charge is 0.233 e. The van der Waals surface area contributed by atoms with Crippen molar-refractivity contribution in [3.05, 3.63) is 84.3 Å². The van der Waals surface area contributed by atoms with Gasteiger partial charge in [0.15, 0.2) is 0 Å². The Morgan fingerprint density at radius 2 is 1.63 bits per heavy atom. The van der Waals surface area contributed by atoms with E-state index in [2.05, 4.69) is 10.4 Å². The Bertz CT molecular complexity index is 1260. The van der Waals surface area contributed by atoms with Crippen LogP contribution in [-0.4, -0.2) is 38.9 Å². The molecule has 7 nitrogen and oxygen atoms in total. The fraction of sp³-hybridized carbons (Fsp3) is 0.259. The van der Waals surface area contributed by atoms with Gasteiger partial charge in [-0.1, -0.05) is 30.4 Å². The lowest BCUT2D eigenvalue weighted by Gasteiger charge is -2.14. The molecule has 0 radical (unpaired) electrons. The number of likely N-dealkylation sites (tertiary alicyclic amines) is 1. The molecule has 1 N–H and O–H groups in total. The van der Waals surface area contributed by atoms with Crippen LogP contribution < -0.4 is 5.32 Å². The lowest BCUT2D eigenvalue weighted by molar-refractivity contribution is -0.140. The van der Waals surface area contributed by atoms with Gasteiger partial charge in [0, 0.05) is 36.8 Å². The number of carbonyl (C=O) groups is 3. The summed E-state index contributed by atoms with van der Waals surface area (Å²) in [7, 11) is 0. The number of allylic oxidation sites excluding steroid dienone is 2. The molecule has 1 aliphatic heterocycles. The zero-order valence-electron chi connectivity index (χ0n) is 19.1. The molecule has 1 saturated heterocycles. The van der Waals surface area contributed by atoms with Crippen LogP contribution in [0.25, 0.3) is 16.9 Å². The quantitative estimate of drug-likeness (QED) is 0.420. The molecule has 1 aliphatic carbocycles. The number of imide groups is 1. The first kappa shape index (κ1) is 22.7. The molecular formula is C27H25FN4O3. The maximum atomic E-state index is 13.5. The van der Waals surface area contributed by atoms with Crippen molar-refractivity contribution in [2.24, 2.45) is 11.8 Å². The third-order valence-electron chi connectivity index (χ3n) is 6.57. The van der Waals surface area contributed by atoms with Crippen molar-refractivity contribution in [1.82, 2.24) is 20.0 Å². The lowest BCUT2D eigenvalue weighted by Crippen LogP contribution is -2.35. The summed E-state index contributed by atoms with van der Waals surface area (Å²) in [4.78, 5) is 39.1. The molecule has 0 bridgehead atoms. The van der Waals surface area contributed by atoms with E-state index in [-0.39, 0.29) is 54.9 Å². The van der Waals surface area contributed by atoms with E-state index in [9.17, 15) is 18.8 Å². The summed E-state index contributed by atoms with van der Waals surface area (Å²) in [6.07, 6.45) is 6.90. The second-order valence-electron chi connectivity index (χ2n) is 8.80. The molecule has 35 heavy (non-hydrogen) atoms. The zero-order valence-corrected chi connectivity index (χ0v) is 19.1. The normalized spacial score (nSPS) is 19.2. The number of carbonyl (C=O) groups excluding carboxylic acids is 3. The van der Waals surface area contributed by atoms with Crippen LogP contribution >= 0.6 is 0 Å². The highest BCUT2D eigenvalue weighted by Crippen LogP contribution is 2.35. The van der Waals surface area contributed by atoms with Gasteiger partial charge in [0.1, 0.15) is 5.82 Å². The van der Waals surface area contributed by atoms with Gasteiger partial charge < -0.3 is 5.32 Å². The van der Waals surface area contributed by atoms with Crippen LogP contribution in [-0.2, 0) is 20.9 Å². The second kappa shape index (κ2) is 9.66. The van der Waals surface area contributed by atoms with Gasteiger partial charge >= 0.3 is 0 Å². The highest BCUT2D eigenvalue weighted by atomic mass is 19.1. The fourth-order valence-electron chi connectivity index (χ4n) is 4.69. The van der Waals surface area contributed by atoms with Gasteiger partial charge in [-0.3, -0.25) is 19.3 Å². The van der Waals surface area contributed by atoms with Crippen molar-refractivity contribution >= 4 is 17.7 Å². The van der Waals surface area contributed by atoms with Crippen LogP contribution in [0.15, 0.2) is 72.9 Å². The molecule has 2 aromatic carbocycles. The van der Waals surface area contributed by atoms with Gasteiger partial charge in [-0.25, -0.2) is 9.07 Å². The molecule has 2 aliphatic rings. The van der Waals surface area contributed by atoms with E-state index in [1.165, 1.54) is 17.0 Å². The third-order valence-corrected chi connectivity index (χ3v) is 6.57. The van der Waals surface area contributed by atoms with Crippen molar-refractivity contribution in [3.63, 3.8) is 0 Å². The van der Waals surface area contributed by atoms with Crippen molar-refractivity contribution in [1.29, 1.82) is 0 Å². The number of aromatic nitrogens is 2. The predicted octanol–water partition coefficient (Wildman–Crippen LogP) is 3.64. The molecule has 3 amide bonds. The number of benzene rings is 2. The van der Waals surface area contributed by atoms with Gasteiger partial charge in [0.25, 0.3) is 0 Å². The summed E-state index contributed by atoms with van der Waals surface area (Å²) in [6, 6.07) is 15.6. The van der Waals surface area contributed by atoms with E-state index in [0.29, 0.717) is 18.5 Å². The minimum absolute atomic E-state index is 0.0308. The second-order valence-corrected chi connectivity index (χ2v) is 8.80. The Balaban J connectivity index is 1.27. The maximum absolute atomic E-state index is 13.5. The Labute approximate surface area is 202 Å². The van der Waals surface area contributed by atoms with E-state index in [1.807, 2.05) is 48.7 Å². The first-order valence-corrected chi connectivity index (χ1v) is 11.7. The molecule has 0 unspecified atom stereocenters. The number of nitrogens with one attached hydrogen (secondary N) is 1. The van der Waals surface area contributed by atoms with Crippen molar-refractivity contribution in [2.75, 3.05) is 6.54 Å². The van der Waals surface area contributed by atoms with Crippen molar-refractivity contribution in [2.45, 2.75) is 25.8 Å². The van der Waals surface area contributed by atoms with Crippen LogP contribution in [0.2, 0.25) is 0 Å². The van der Waals surface area contributed by atoms with Gasteiger partial charge in [0.05, 0.1) is 23.2 Å². The zero-order chi connectivity index (χ0) is 24.4. The Morgan fingerprint density at radius 1 is 0.971 bits per heavy atom. The largest absolute Gasteiger partial charge is 0.352 e. The molecule has 8 heteroatoms. The summed E-state index contributed by atoms with van der Waals surface area (Å²) >= 11 is 0. The number of halogens is 1. The molecule has 0 spiro atoms. The Morgan fingerprint density at radius 3 is 2.29 bits per heavy atom. The minimum Gasteiger partial charge on any atom is -0.352 e. The van der Waals surface area contributed by atoms with E-state index in [0.717, 1.165) is 16.8 Å². The predicted molar refractivity (Wildman–Crippen MR) is 127 cm³/mol. The topological polar surface area (TPSA) is 84.3 Å². The van der Waals surface area contributed by atoms with E-state index in [1.54, 1.807) is 16.8 Å². The van der Waals surface area contributed by atoms with Crippen molar-refractivity contribution < 1.29 is 18.8 Å². The number of para-hydroxylation sites is 1. The SMILES string of the molecule is O=C(CCN1C(=O)[C@H]2CC=CC[C@H]2C1=O)NCc1cn(-c2ccccc2)nc1-c1ccc(F)cc1. The van der Waals surface area contributed by atoms with E-state index < -0.39 is 0 Å². The highest BCUT2D eigenvalue weighted by Gasteiger charge is 2.46. The summed E-state index contributed by atoms with van der Waals surface area (Å²) in [5, 5.41) is 7.54. The fourth-order valence-corrected chi connectivity index (χ4v) is 4.69. The average Bonchev–Trinajstić information content (AvgIpc) is 3.42. The summed E-state index contributed by atoms with van der Waals surface area (Å²) in [5.74, 6) is -1.56. The molecule has 5 rings (SSSR count). The molecule has 3 aromatic rings. The summed E-state index contributed by atoms with van der Waals surface area (Å²) in [5.41, 5.74) is 2.99. The van der Waals surface area contributed by atoms with Crippen molar-refractivity contribution in [3.8, 4) is 16.9 Å². The van der Waals surface area contributed by atoms with Gasteiger partial charge in [-0.05, 0) is 49.2 Å². The summed E-state index contributed by atoms with van der Waals surface area (Å²) in [6.45, 7) is 0.278. The molecule has 1 fully saturated rings. The molecule has 2 heterocycles. The molecule has 0 saturated carbocycles. The maximum Gasteiger partial charge on any atom is 0.233 e. The van der Waals surface area contributed by atoms with Gasteiger partial charge in [-0.2, -0.15) is 5.10 Å². The number of amides is 3. The Hall–Kier alpha value is -4.07. The average molecular weight is 473 g/mol. The standard InChI is InChI=1S/C27H25FN4O3/c28-20-12-10-18(11-13-20)25-19(17-32(30-25)21-6-2-1-3-7-21)16-29-24(33)14-15-31-26(34)22-8-4-5-9-23(22)27(31)35/h1-7,10-13,17,22-23H,8-9,14-16H2,(H,29,33)/t22-,23+. The van der Waals surface area contributed by atoms with E-state index in [4.69, 9.17) is 0 Å². The van der Waals surface area contributed by atoms with Crippen LogP contribution in [0.3, 0.4) is 0 Å². The monoisotopic (exact) mass is 472 g/mol. The number of hydrogen-bond acceptors (Lipinski definition) is 4. The molecule has 178 valence electrons. The first-order chi connectivity index (χ1) is 17.0. The molecule has 2 atom stereocenters.